The van der Waals surface area contributed by atoms with Crippen molar-refractivity contribution >= 4 is 23.4 Å². The second-order valence-corrected chi connectivity index (χ2v) is 7.69. The first-order chi connectivity index (χ1) is 14.6. The zero-order valence-corrected chi connectivity index (χ0v) is 18.0. The molecule has 156 valence electrons. The van der Waals surface area contributed by atoms with Crippen LogP contribution in [-0.2, 0) is 11.3 Å². The molecule has 0 aliphatic rings. The fraction of sp³-hybridized carbons (Fsp3) is 0.227. The van der Waals surface area contributed by atoms with Crippen molar-refractivity contribution in [3.8, 4) is 22.9 Å². The highest BCUT2D eigenvalue weighted by atomic mass is 32.2. The topological polar surface area (TPSA) is 78.3 Å². The Morgan fingerprint density at radius 1 is 1.17 bits per heavy atom. The second-order valence-electron chi connectivity index (χ2n) is 6.38. The van der Waals surface area contributed by atoms with Crippen LogP contribution in [0.4, 0.5) is 5.69 Å². The number of ether oxygens (including phenoxy) is 2. The summed E-state index contributed by atoms with van der Waals surface area (Å²) in [5.41, 5.74) is 1.53. The molecular weight excluding hydrogens is 400 g/mol. The van der Waals surface area contributed by atoms with Gasteiger partial charge in [0.15, 0.2) is 11.0 Å². The van der Waals surface area contributed by atoms with Gasteiger partial charge in [-0.05, 0) is 43.3 Å². The maximum atomic E-state index is 12.7. The Kier molecular flexibility index (Phi) is 7.13. The second kappa shape index (κ2) is 9.98. The Balaban J connectivity index is 1.79. The number of nitrogens with one attached hydrogen (secondary N) is 1. The van der Waals surface area contributed by atoms with Gasteiger partial charge in [-0.1, -0.05) is 30.0 Å². The van der Waals surface area contributed by atoms with E-state index in [0.717, 1.165) is 11.3 Å². The third kappa shape index (κ3) is 4.83. The van der Waals surface area contributed by atoms with Crippen LogP contribution in [0.25, 0.3) is 11.4 Å². The van der Waals surface area contributed by atoms with Crippen molar-refractivity contribution in [2.45, 2.75) is 23.9 Å². The molecule has 30 heavy (non-hydrogen) atoms. The highest BCUT2D eigenvalue weighted by Gasteiger charge is 2.22. The molecular formula is C22H24N4O3S. The van der Waals surface area contributed by atoms with E-state index in [0.29, 0.717) is 29.0 Å². The maximum absolute atomic E-state index is 12.7. The van der Waals surface area contributed by atoms with Crippen LogP contribution in [0.15, 0.2) is 66.3 Å². The normalized spacial score (nSPS) is 11.6. The Morgan fingerprint density at radius 2 is 1.90 bits per heavy atom. The van der Waals surface area contributed by atoms with Gasteiger partial charge in [-0.3, -0.25) is 9.36 Å². The van der Waals surface area contributed by atoms with E-state index in [9.17, 15) is 4.79 Å². The summed E-state index contributed by atoms with van der Waals surface area (Å²) >= 11 is 1.34. The third-order valence-electron chi connectivity index (χ3n) is 4.39. The van der Waals surface area contributed by atoms with Crippen LogP contribution in [0, 0.1) is 0 Å². The van der Waals surface area contributed by atoms with Crippen LogP contribution in [0.5, 0.6) is 11.5 Å². The van der Waals surface area contributed by atoms with Crippen molar-refractivity contribution in [1.82, 2.24) is 14.8 Å². The lowest BCUT2D eigenvalue weighted by Crippen LogP contribution is -2.23. The fourth-order valence-corrected chi connectivity index (χ4v) is 3.69. The van der Waals surface area contributed by atoms with E-state index >= 15 is 0 Å². The van der Waals surface area contributed by atoms with E-state index in [2.05, 4.69) is 22.1 Å². The zero-order valence-electron chi connectivity index (χ0n) is 17.2. The molecule has 3 aromatic rings. The van der Waals surface area contributed by atoms with Crippen LogP contribution < -0.4 is 14.8 Å². The lowest BCUT2D eigenvalue weighted by Gasteiger charge is -2.14. The van der Waals surface area contributed by atoms with Gasteiger partial charge < -0.3 is 14.8 Å². The van der Waals surface area contributed by atoms with E-state index in [-0.39, 0.29) is 11.2 Å². The number of amides is 1. The molecule has 2 aromatic carbocycles. The molecule has 0 bridgehead atoms. The molecule has 3 rings (SSSR count). The Bertz CT molecular complexity index is 1020. The van der Waals surface area contributed by atoms with Gasteiger partial charge in [0, 0.05) is 12.2 Å². The molecule has 0 aliphatic carbocycles. The largest absolute Gasteiger partial charge is 0.497 e. The van der Waals surface area contributed by atoms with Crippen LogP contribution in [0.3, 0.4) is 0 Å². The van der Waals surface area contributed by atoms with Crippen molar-refractivity contribution in [2.75, 3.05) is 19.5 Å². The molecule has 1 atom stereocenters. The molecule has 0 radical (unpaired) electrons. The summed E-state index contributed by atoms with van der Waals surface area (Å²) in [6.45, 7) is 6.17. The molecule has 0 spiro atoms. The Hall–Kier alpha value is -3.26. The average Bonchev–Trinajstić information content (AvgIpc) is 3.16. The third-order valence-corrected chi connectivity index (χ3v) is 5.47. The number of benzene rings is 2. The van der Waals surface area contributed by atoms with Crippen LogP contribution in [0.2, 0.25) is 0 Å². The van der Waals surface area contributed by atoms with Gasteiger partial charge >= 0.3 is 0 Å². The fourth-order valence-electron chi connectivity index (χ4n) is 2.83. The zero-order chi connectivity index (χ0) is 21.5. The maximum Gasteiger partial charge on any atom is 0.237 e. The number of allylic oxidation sites excluding steroid dienone is 1. The summed E-state index contributed by atoms with van der Waals surface area (Å²) < 4.78 is 12.5. The van der Waals surface area contributed by atoms with E-state index in [1.165, 1.54) is 11.8 Å². The minimum absolute atomic E-state index is 0.128. The molecule has 1 aromatic heterocycles. The lowest BCUT2D eigenvalue weighted by molar-refractivity contribution is -0.115. The molecule has 1 heterocycles. The molecule has 0 saturated carbocycles. The van der Waals surface area contributed by atoms with Crippen LogP contribution >= 0.6 is 11.8 Å². The van der Waals surface area contributed by atoms with Gasteiger partial charge in [-0.15, -0.1) is 16.8 Å². The monoisotopic (exact) mass is 424 g/mol. The first-order valence-electron chi connectivity index (χ1n) is 9.36. The molecule has 1 N–H and O–H groups in total. The molecule has 0 aliphatic heterocycles. The number of carbonyl (C=O) groups is 1. The predicted octanol–water partition coefficient (Wildman–Crippen LogP) is 4.27. The quantitative estimate of drug-likeness (QED) is 0.408. The molecule has 0 unspecified atom stereocenters. The van der Waals surface area contributed by atoms with Crippen molar-refractivity contribution in [1.29, 1.82) is 0 Å². The van der Waals surface area contributed by atoms with Gasteiger partial charge in [0.25, 0.3) is 0 Å². The molecule has 1 amide bonds. The number of para-hydroxylation sites is 1. The van der Waals surface area contributed by atoms with Crippen molar-refractivity contribution in [3.63, 3.8) is 0 Å². The summed E-state index contributed by atoms with van der Waals surface area (Å²) in [6, 6.07) is 14.8. The molecule has 7 nitrogen and oxygen atoms in total. The Morgan fingerprint density at radius 3 is 2.57 bits per heavy atom. The number of carbonyl (C=O) groups excluding carboxylic acids is 1. The smallest absolute Gasteiger partial charge is 0.237 e. The van der Waals surface area contributed by atoms with Crippen LogP contribution in [0.1, 0.15) is 6.92 Å². The lowest BCUT2D eigenvalue weighted by atomic mass is 10.2. The minimum Gasteiger partial charge on any atom is -0.497 e. The summed E-state index contributed by atoms with van der Waals surface area (Å²) in [6.07, 6.45) is 1.77. The van der Waals surface area contributed by atoms with E-state index in [1.54, 1.807) is 44.6 Å². The van der Waals surface area contributed by atoms with Gasteiger partial charge in [-0.2, -0.15) is 0 Å². The number of hydrogen-bond donors (Lipinski definition) is 1. The SMILES string of the molecule is C=CCn1c(S[C@@H](C)C(=O)Nc2ccc(OC)cc2)nnc1-c1ccccc1OC. The minimum atomic E-state index is -0.384. The summed E-state index contributed by atoms with van der Waals surface area (Å²) in [5.74, 6) is 1.98. The van der Waals surface area contributed by atoms with Crippen LogP contribution in [-0.4, -0.2) is 40.1 Å². The number of hydrogen-bond acceptors (Lipinski definition) is 6. The van der Waals surface area contributed by atoms with Crippen molar-refractivity contribution in [3.05, 3.63) is 61.2 Å². The average molecular weight is 425 g/mol. The van der Waals surface area contributed by atoms with E-state index < -0.39 is 0 Å². The number of thioether (sulfide) groups is 1. The number of nitrogens with zero attached hydrogens (tertiary/aromatic N) is 3. The standard InChI is InChI=1S/C22H24N4O3S/c1-5-14-26-20(18-8-6-7-9-19(18)29-4)24-25-22(26)30-15(2)21(27)23-16-10-12-17(28-3)13-11-16/h5-13,15H,1,14H2,2-4H3,(H,23,27)/t15-/m0/s1. The van der Waals surface area contributed by atoms with E-state index in [1.807, 2.05) is 35.8 Å². The highest BCUT2D eigenvalue weighted by Crippen LogP contribution is 2.32. The number of aromatic nitrogens is 3. The van der Waals surface area contributed by atoms with Gasteiger partial charge in [0.2, 0.25) is 5.91 Å². The highest BCUT2D eigenvalue weighted by molar-refractivity contribution is 8.00. The first kappa shape index (κ1) is 21.4. The van der Waals surface area contributed by atoms with Gasteiger partial charge in [-0.25, -0.2) is 0 Å². The number of rotatable bonds is 9. The van der Waals surface area contributed by atoms with E-state index in [4.69, 9.17) is 9.47 Å². The molecule has 8 heteroatoms. The number of methoxy groups -OCH3 is 2. The summed E-state index contributed by atoms with van der Waals surface area (Å²) in [7, 11) is 3.22. The number of anilines is 1. The van der Waals surface area contributed by atoms with Crippen molar-refractivity contribution < 1.29 is 14.3 Å². The molecule has 0 saturated heterocycles. The summed E-state index contributed by atoms with van der Waals surface area (Å²) in [5, 5.41) is 11.8. The predicted molar refractivity (Wildman–Crippen MR) is 119 cm³/mol. The first-order valence-corrected chi connectivity index (χ1v) is 10.2. The van der Waals surface area contributed by atoms with Crippen molar-refractivity contribution in [2.24, 2.45) is 0 Å². The molecule has 0 fully saturated rings. The summed E-state index contributed by atoms with van der Waals surface area (Å²) in [4.78, 5) is 12.7. The van der Waals surface area contributed by atoms with Gasteiger partial charge in [0.1, 0.15) is 11.5 Å². The Labute approximate surface area is 180 Å². The van der Waals surface area contributed by atoms with Gasteiger partial charge in [0.05, 0.1) is 25.0 Å².